The molecule has 152 valence electrons. The van der Waals surface area contributed by atoms with Crippen molar-refractivity contribution >= 4 is 39.1 Å². The summed E-state index contributed by atoms with van der Waals surface area (Å²) in [6.45, 7) is 2.20. The third-order valence-electron chi connectivity index (χ3n) is 4.43. The third-order valence-corrected chi connectivity index (χ3v) is 5.58. The second-order valence-corrected chi connectivity index (χ2v) is 7.70. The number of nitrogens with one attached hydrogen (secondary N) is 2. The summed E-state index contributed by atoms with van der Waals surface area (Å²) in [4.78, 5) is 29.8. The van der Waals surface area contributed by atoms with Crippen LogP contribution in [0.5, 0.6) is 0 Å². The van der Waals surface area contributed by atoms with Crippen LogP contribution in [0.25, 0.3) is 10.2 Å². The van der Waals surface area contributed by atoms with Gasteiger partial charge in [0.05, 0.1) is 35.5 Å². The minimum atomic E-state index is -0.337. The van der Waals surface area contributed by atoms with Crippen molar-refractivity contribution in [3.8, 4) is 0 Å². The average Bonchev–Trinajstić information content (AvgIpc) is 3.30. The Balaban J connectivity index is 1.44. The van der Waals surface area contributed by atoms with Gasteiger partial charge in [-0.05, 0) is 42.8 Å². The number of hydrogen-bond acceptors (Lipinski definition) is 5. The standard InChI is InChI=1S/C21H18FN5O2S/c1-13-17-9-18(20(29)24-11-19(28)25-16-3-2-8-23-10-16)30-21(17)27(26-13)12-14-4-6-15(22)7-5-14/h2-10H,11-12H2,1H3,(H,24,29)(H,25,28). The number of halogens is 1. The van der Waals surface area contributed by atoms with E-state index in [1.807, 2.05) is 6.92 Å². The number of amides is 2. The number of hydrogen-bond donors (Lipinski definition) is 2. The summed E-state index contributed by atoms with van der Waals surface area (Å²) in [5.74, 6) is -0.954. The van der Waals surface area contributed by atoms with Gasteiger partial charge in [0.25, 0.3) is 5.91 Å². The molecule has 30 heavy (non-hydrogen) atoms. The van der Waals surface area contributed by atoms with Crippen LogP contribution in [0.15, 0.2) is 54.9 Å². The van der Waals surface area contributed by atoms with Gasteiger partial charge in [0, 0.05) is 11.6 Å². The molecule has 0 atom stereocenters. The molecule has 0 saturated carbocycles. The number of carbonyl (C=O) groups excluding carboxylic acids is 2. The summed E-state index contributed by atoms with van der Waals surface area (Å²) in [6.07, 6.45) is 3.14. The van der Waals surface area contributed by atoms with E-state index in [9.17, 15) is 14.0 Å². The van der Waals surface area contributed by atoms with E-state index in [4.69, 9.17) is 0 Å². The first-order chi connectivity index (χ1) is 14.5. The van der Waals surface area contributed by atoms with Crippen molar-refractivity contribution in [2.45, 2.75) is 13.5 Å². The highest BCUT2D eigenvalue weighted by atomic mass is 32.1. The van der Waals surface area contributed by atoms with Crippen molar-refractivity contribution in [3.63, 3.8) is 0 Å². The van der Waals surface area contributed by atoms with Gasteiger partial charge in [0.15, 0.2) is 0 Å². The van der Waals surface area contributed by atoms with Gasteiger partial charge in [-0.25, -0.2) is 4.39 Å². The van der Waals surface area contributed by atoms with Crippen LogP contribution >= 0.6 is 11.3 Å². The Morgan fingerprint density at radius 2 is 2.00 bits per heavy atom. The molecule has 0 saturated heterocycles. The van der Waals surface area contributed by atoms with Crippen molar-refractivity contribution in [2.75, 3.05) is 11.9 Å². The Bertz CT molecular complexity index is 1200. The summed E-state index contributed by atoms with van der Waals surface area (Å²) in [6, 6.07) is 11.4. The summed E-state index contributed by atoms with van der Waals surface area (Å²) in [5, 5.41) is 10.7. The first-order valence-corrected chi connectivity index (χ1v) is 10.0. The molecular formula is C21H18FN5O2S. The molecule has 0 aliphatic heterocycles. The summed E-state index contributed by atoms with van der Waals surface area (Å²) in [5.41, 5.74) is 2.28. The molecule has 4 aromatic rings. The van der Waals surface area contributed by atoms with Gasteiger partial charge in [-0.3, -0.25) is 19.3 Å². The molecule has 0 fully saturated rings. The Kier molecular flexibility index (Phi) is 5.53. The van der Waals surface area contributed by atoms with Gasteiger partial charge in [0.1, 0.15) is 10.6 Å². The quantitative estimate of drug-likeness (QED) is 0.498. The molecule has 1 aromatic carbocycles. The lowest BCUT2D eigenvalue weighted by Gasteiger charge is -2.05. The minimum absolute atomic E-state index is 0.150. The van der Waals surface area contributed by atoms with E-state index >= 15 is 0 Å². The normalized spacial score (nSPS) is 10.9. The zero-order valence-corrected chi connectivity index (χ0v) is 16.9. The predicted octanol–water partition coefficient (Wildman–Crippen LogP) is 3.36. The molecule has 2 N–H and O–H groups in total. The van der Waals surface area contributed by atoms with Crippen LogP contribution in [0, 0.1) is 12.7 Å². The maximum Gasteiger partial charge on any atom is 0.261 e. The molecule has 9 heteroatoms. The lowest BCUT2D eigenvalue weighted by Crippen LogP contribution is -2.32. The van der Waals surface area contributed by atoms with Crippen LogP contribution in [-0.2, 0) is 11.3 Å². The SMILES string of the molecule is Cc1nn(Cc2ccc(F)cc2)c2sc(C(=O)NCC(=O)Nc3cccnc3)cc12. The lowest BCUT2D eigenvalue weighted by atomic mass is 10.2. The van der Waals surface area contributed by atoms with Crippen molar-refractivity contribution in [3.05, 3.63) is 76.8 Å². The van der Waals surface area contributed by atoms with Crippen LogP contribution in [0.1, 0.15) is 20.9 Å². The van der Waals surface area contributed by atoms with Gasteiger partial charge in [-0.2, -0.15) is 5.10 Å². The van der Waals surface area contributed by atoms with Crippen molar-refractivity contribution in [2.24, 2.45) is 0 Å². The van der Waals surface area contributed by atoms with Gasteiger partial charge in [0.2, 0.25) is 5.91 Å². The average molecular weight is 423 g/mol. The van der Waals surface area contributed by atoms with E-state index in [0.717, 1.165) is 21.5 Å². The second kappa shape index (κ2) is 8.42. The van der Waals surface area contributed by atoms with E-state index in [-0.39, 0.29) is 24.2 Å². The first kappa shape index (κ1) is 19.7. The van der Waals surface area contributed by atoms with E-state index in [1.54, 1.807) is 41.2 Å². The first-order valence-electron chi connectivity index (χ1n) is 9.19. The zero-order chi connectivity index (χ0) is 21.1. The van der Waals surface area contributed by atoms with E-state index in [1.165, 1.54) is 29.7 Å². The molecule has 2 amide bonds. The van der Waals surface area contributed by atoms with Crippen molar-refractivity contribution < 1.29 is 14.0 Å². The van der Waals surface area contributed by atoms with Crippen LogP contribution in [-0.4, -0.2) is 33.1 Å². The number of fused-ring (bicyclic) bond motifs is 1. The van der Waals surface area contributed by atoms with Gasteiger partial charge in [-0.1, -0.05) is 12.1 Å². The molecule has 0 radical (unpaired) electrons. The number of nitrogens with zero attached hydrogens (tertiary/aromatic N) is 3. The number of aromatic nitrogens is 3. The monoisotopic (exact) mass is 423 g/mol. The number of anilines is 1. The highest BCUT2D eigenvalue weighted by Gasteiger charge is 2.17. The summed E-state index contributed by atoms with van der Waals surface area (Å²) < 4.78 is 14.9. The minimum Gasteiger partial charge on any atom is -0.342 e. The molecule has 4 rings (SSSR count). The Hall–Kier alpha value is -3.59. The highest BCUT2D eigenvalue weighted by Crippen LogP contribution is 2.28. The van der Waals surface area contributed by atoms with Crippen LogP contribution in [0.3, 0.4) is 0 Å². The number of rotatable bonds is 6. The highest BCUT2D eigenvalue weighted by molar-refractivity contribution is 7.20. The fourth-order valence-electron chi connectivity index (χ4n) is 2.98. The predicted molar refractivity (Wildman–Crippen MR) is 113 cm³/mol. The molecule has 0 bridgehead atoms. The fourth-order valence-corrected chi connectivity index (χ4v) is 4.06. The summed E-state index contributed by atoms with van der Waals surface area (Å²) in [7, 11) is 0. The van der Waals surface area contributed by atoms with Crippen molar-refractivity contribution in [1.29, 1.82) is 0 Å². The van der Waals surface area contributed by atoms with Crippen LogP contribution in [0.2, 0.25) is 0 Å². The molecule has 0 unspecified atom stereocenters. The molecule has 3 heterocycles. The number of pyridine rings is 1. The van der Waals surface area contributed by atoms with E-state index < -0.39 is 0 Å². The Labute approximate surface area is 175 Å². The van der Waals surface area contributed by atoms with Gasteiger partial charge in [-0.15, -0.1) is 11.3 Å². The molecule has 0 aliphatic rings. The number of thiophene rings is 1. The molecule has 7 nitrogen and oxygen atoms in total. The molecular weight excluding hydrogens is 405 g/mol. The smallest absolute Gasteiger partial charge is 0.261 e. The summed E-state index contributed by atoms with van der Waals surface area (Å²) >= 11 is 1.30. The molecule has 3 aromatic heterocycles. The van der Waals surface area contributed by atoms with Crippen LogP contribution in [0.4, 0.5) is 10.1 Å². The second-order valence-electron chi connectivity index (χ2n) is 6.67. The zero-order valence-electron chi connectivity index (χ0n) is 16.1. The fraction of sp³-hybridized carbons (Fsp3) is 0.143. The Morgan fingerprint density at radius 1 is 1.20 bits per heavy atom. The maximum atomic E-state index is 13.1. The molecule has 0 aliphatic carbocycles. The number of carbonyl (C=O) groups is 2. The lowest BCUT2D eigenvalue weighted by molar-refractivity contribution is -0.115. The Morgan fingerprint density at radius 3 is 2.73 bits per heavy atom. The topological polar surface area (TPSA) is 88.9 Å². The number of aryl methyl sites for hydroxylation is 1. The number of benzene rings is 1. The molecule has 0 spiro atoms. The maximum absolute atomic E-state index is 13.1. The van der Waals surface area contributed by atoms with Gasteiger partial charge < -0.3 is 10.6 Å². The van der Waals surface area contributed by atoms with Crippen molar-refractivity contribution in [1.82, 2.24) is 20.1 Å². The third kappa shape index (κ3) is 4.36. The van der Waals surface area contributed by atoms with E-state index in [2.05, 4.69) is 20.7 Å². The largest absolute Gasteiger partial charge is 0.342 e. The van der Waals surface area contributed by atoms with E-state index in [0.29, 0.717) is 17.1 Å². The van der Waals surface area contributed by atoms with Crippen LogP contribution < -0.4 is 10.6 Å². The van der Waals surface area contributed by atoms with Gasteiger partial charge >= 0.3 is 0 Å².